The molecule has 1 fully saturated rings. The number of morpholine rings is 1. The number of rotatable bonds is 8. The van der Waals surface area contributed by atoms with Gasteiger partial charge in [0.15, 0.2) is 0 Å². The Bertz CT molecular complexity index is 781. The summed E-state index contributed by atoms with van der Waals surface area (Å²) in [7, 11) is 0. The summed E-state index contributed by atoms with van der Waals surface area (Å²) >= 11 is 0. The number of hydrogen-bond acceptors (Lipinski definition) is 5. The Balaban J connectivity index is 2.12. The summed E-state index contributed by atoms with van der Waals surface area (Å²) in [6, 6.07) is 1.24. The van der Waals surface area contributed by atoms with Crippen molar-refractivity contribution >= 4 is 29.2 Å². The first-order valence-electron chi connectivity index (χ1n) is 8.86. The molecule has 1 heterocycles. The maximum Gasteiger partial charge on any atom is 0.315 e. The third kappa shape index (κ3) is 6.29. The summed E-state index contributed by atoms with van der Waals surface area (Å²) in [6.07, 6.45) is -5.76. The van der Waals surface area contributed by atoms with Gasteiger partial charge >= 0.3 is 6.03 Å². The Kier molecular flexibility index (Phi) is 8.35. The standard InChI is InChI=1S/C17H21F4N5O4/c18-13(19)7-23-17(29)25-12(6-22)16(28)24-11-2-1-9(5-10(11)15(20)21)26-3-4-30-8-14(26)27/h1-2,5,12-13,15H,3-4,6-8,22H2,(H,24,28)(H2,23,25,29)/t12-/m0/s1. The molecule has 0 radical (unpaired) electrons. The molecule has 13 heteroatoms. The SMILES string of the molecule is NC[C@H](NC(=O)NCC(F)F)C(=O)Nc1ccc(N2CCOCC2=O)cc1C(F)F. The molecule has 9 nitrogen and oxygen atoms in total. The van der Waals surface area contributed by atoms with E-state index in [0.717, 1.165) is 6.07 Å². The smallest absolute Gasteiger partial charge is 0.315 e. The van der Waals surface area contributed by atoms with Gasteiger partial charge in [0.2, 0.25) is 5.91 Å². The number of nitrogens with two attached hydrogens (primary N) is 1. The van der Waals surface area contributed by atoms with Crippen LogP contribution in [0.4, 0.5) is 33.7 Å². The van der Waals surface area contributed by atoms with E-state index in [4.69, 9.17) is 10.5 Å². The Labute approximate surface area is 168 Å². The molecular weight excluding hydrogens is 414 g/mol. The molecule has 1 aromatic carbocycles. The fourth-order valence-corrected chi connectivity index (χ4v) is 2.63. The van der Waals surface area contributed by atoms with Crippen LogP contribution in [0.5, 0.6) is 0 Å². The van der Waals surface area contributed by atoms with E-state index >= 15 is 0 Å². The maximum atomic E-state index is 13.5. The number of hydrogen-bond donors (Lipinski definition) is 4. The van der Waals surface area contributed by atoms with Crippen LogP contribution in [0.3, 0.4) is 0 Å². The first kappa shape index (κ1) is 23.3. The van der Waals surface area contributed by atoms with Crippen LogP contribution in [0.1, 0.15) is 12.0 Å². The number of carbonyl (C=O) groups excluding carboxylic acids is 3. The van der Waals surface area contributed by atoms with Gasteiger partial charge in [0, 0.05) is 30.0 Å². The second kappa shape index (κ2) is 10.7. The minimum atomic E-state index is -2.98. The lowest BCUT2D eigenvalue weighted by molar-refractivity contribution is -0.125. The Morgan fingerprint density at radius 3 is 2.57 bits per heavy atom. The zero-order valence-corrected chi connectivity index (χ0v) is 15.7. The Morgan fingerprint density at radius 2 is 1.97 bits per heavy atom. The molecule has 2 rings (SSSR count). The van der Waals surface area contributed by atoms with E-state index < -0.39 is 49.5 Å². The lowest BCUT2D eigenvalue weighted by Gasteiger charge is -2.27. The van der Waals surface area contributed by atoms with Crippen molar-refractivity contribution in [1.82, 2.24) is 10.6 Å². The van der Waals surface area contributed by atoms with Crippen molar-refractivity contribution in [1.29, 1.82) is 0 Å². The van der Waals surface area contributed by atoms with Crippen LogP contribution in [0.15, 0.2) is 18.2 Å². The van der Waals surface area contributed by atoms with E-state index in [0.29, 0.717) is 0 Å². The van der Waals surface area contributed by atoms with Crippen molar-refractivity contribution in [2.45, 2.75) is 18.9 Å². The number of alkyl halides is 4. The molecule has 1 atom stereocenters. The van der Waals surface area contributed by atoms with Crippen molar-refractivity contribution in [3.63, 3.8) is 0 Å². The Hall–Kier alpha value is -2.93. The number of carbonyl (C=O) groups is 3. The van der Waals surface area contributed by atoms with Crippen LogP contribution in [-0.4, -0.2) is 63.2 Å². The average Bonchev–Trinajstić information content (AvgIpc) is 2.71. The maximum absolute atomic E-state index is 13.5. The number of amides is 4. The zero-order chi connectivity index (χ0) is 22.3. The molecule has 166 valence electrons. The third-order valence-electron chi connectivity index (χ3n) is 4.10. The molecule has 0 aliphatic carbocycles. The molecule has 1 aliphatic heterocycles. The number of anilines is 2. The topological polar surface area (TPSA) is 126 Å². The Morgan fingerprint density at radius 1 is 1.23 bits per heavy atom. The number of ether oxygens (including phenoxy) is 1. The van der Waals surface area contributed by atoms with Crippen molar-refractivity contribution < 1.29 is 36.7 Å². The number of halogens is 4. The van der Waals surface area contributed by atoms with Crippen molar-refractivity contribution in [2.75, 3.05) is 43.1 Å². The molecule has 1 aromatic rings. The number of nitrogens with zero attached hydrogens (tertiary/aromatic N) is 1. The highest BCUT2D eigenvalue weighted by molar-refractivity contribution is 5.99. The van der Waals surface area contributed by atoms with E-state index in [2.05, 4.69) is 10.6 Å². The monoisotopic (exact) mass is 435 g/mol. The highest BCUT2D eigenvalue weighted by atomic mass is 19.3. The highest BCUT2D eigenvalue weighted by Gasteiger charge is 2.25. The van der Waals surface area contributed by atoms with E-state index in [1.54, 1.807) is 0 Å². The van der Waals surface area contributed by atoms with Gasteiger partial charge in [-0.2, -0.15) is 0 Å². The van der Waals surface area contributed by atoms with E-state index in [-0.39, 0.29) is 37.0 Å². The van der Waals surface area contributed by atoms with Crippen LogP contribution < -0.4 is 26.6 Å². The number of urea groups is 1. The normalized spacial score (nSPS) is 15.3. The van der Waals surface area contributed by atoms with E-state index in [1.165, 1.54) is 17.0 Å². The van der Waals surface area contributed by atoms with Gasteiger partial charge < -0.3 is 31.3 Å². The fraction of sp³-hybridized carbons (Fsp3) is 0.471. The van der Waals surface area contributed by atoms with Gasteiger partial charge in [0.1, 0.15) is 12.6 Å². The summed E-state index contributed by atoms with van der Waals surface area (Å²) in [6.45, 7) is -1.05. The molecule has 1 saturated heterocycles. The number of nitrogens with one attached hydrogen (secondary N) is 3. The molecule has 0 bridgehead atoms. The van der Waals surface area contributed by atoms with Gasteiger partial charge in [-0.1, -0.05) is 0 Å². The van der Waals surface area contributed by atoms with Crippen LogP contribution in [-0.2, 0) is 14.3 Å². The first-order chi connectivity index (χ1) is 14.2. The van der Waals surface area contributed by atoms with E-state index in [1.807, 2.05) is 5.32 Å². The van der Waals surface area contributed by atoms with Crippen molar-refractivity contribution in [3.8, 4) is 0 Å². The van der Waals surface area contributed by atoms with Gasteiger partial charge in [-0.25, -0.2) is 22.4 Å². The van der Waals surface area contributed by atoms with Crippen molar-refractivity contribution in [3.05, 3.63) is 23.8 Å². The predicted molar refractivity (Wildman–Crippen MR) is 98.6 cm³/mol. The van der Waals surface area contributed by atoms with Gasteiger partial charge in [0.05, 0.1) is 13.2 Å². The van der Waals surface area contributed by atoms with Gasteiger partial charge in [0.25, 0.3) is 18.8 Å². The lowest BCUT2D eigenvalue weighted by atomic mass is 10.1. The molecule has 0 spiro atoms. The quantitative estimate of drug-likeness (QED) is 0.450. The van der Waals surface area contributed by atoms with Gasteiger partial charge in [-0.15, -0.1) is 0 Å². The summed E-state index contributed by atoms with van der Waals surface area (Å²) in [5.41, 5.74) is 4.84. The minimum absolute atomic E-state index is 0.167. The second-order valence-electron chi connectivity index (χ2n) is 6.19. The summed E-state index contributed by atoms with van der Waals surface area (Å²) in [5, 5.41) is 6.16. The minimum Gasteiger partial charge on any atom is -0.370 e. The molecule has 0 saturated carbocycles. The van der Waals surface area contributed by atoms with Crippen LogP contribution in [0.2, 0.25) is 0 Å². The predicted octanol–water partition coefficient (Wildman–Crippen LogP) is 0.817. The zero-order valence-electron chi connectivity index (χ0n) is 15.7. The van der Waals surface area contributed by atoms with Crippen LogP contribution in [0, 0.1) is 0 Å². The highest BCUT2D eigenvalue weighted by Crippen LogP contribution is 2.31. The molecule has 30 heavy (non-hydrogen) atoms. The van der Waals surface area contributed by atoms with Crippen molar-refractivity contribution in [2.24, 2.45) is 5.73 Å². The molecular formula is C17H21F4N5O4. The summed E-state index contributed by atoms with van der Waals surface area (Å²) in [5.74, 6) is -1.30. The largest absolute Gasteiger partial charge is 0.370 e. The third-order valence-corrected chi connectivity index (χ3v) is 4.10. The van der Waals surface area contributed by atoms with Gasteiger partial charge in [-0.05, 0) is 18.2 Å². The summed E-state index contributed by atoms with van der Waals surface area (Å²) < 4.78 is 56.3. The molecule has 1 aliphatic rings. The molecule has 0 aromatic heterocycles. The second-order valence-corrected chi connectivity index (χ2v) is 6.19. The lowest BCUT2D eigenvalue weighted by Crippen LogP contribution is -2.52. The summed E-state index contributed by atoms with van der Waals surface area (Å²) in [4.78, 5) is 37.1. The molecule has 0 unspecified atom stereocenters. The number of benzene rings is 1. The molecule has 5 N–H and O–H groups in total. The van der Waals surface area contributed by atoms with Gasteiger partial charge in [-0.3, -0.25) is 9.59 Å². The van der Waals surface area contributed by atoms with Crippen LogP contribution in [0.25, 0.3) is 0 Å². The van der Waals surface area contributed by atoms with Crippen LogP contribution >= 0.6 is 0 Å². The van der Waals surface area contributed by atoms with E-state index in [9.17, 15) is 31.9 Å². The average molecular weight is 435 g/mol. The first-order valence-corrected chi connectivity index (χ1v) is 8.86. The fourth-order valence-electron chi connectivity index (χ4n) is 2.63. The molecule has 4 amide bonds.